The van der Waals surface area contributed by atoms with E-state index in [1.807, 2.05) is 0 Å². The smallest absolute Gasteiger partial charge is 0.202 e. The Morgan fingerprint density at radius 2 is 0.806 bits per heavy atom. The molecule has 0 aromatic carbocycles. The van der Waals surface area contributed by atoms with Crippen LogP contribution in [0.25, 0.3) is 0 Å². The molecule has 0 atom stereocenters. The van der Waals surface area contributed by atoms with Crippen LogP contribution in [0.4, 0.5) is 0 Å². The summed E-state index contributed by atoms with van der Waals surface area (Å²) in [5.41, 5.74) is 0. The van der Waals surface area contributed by atoms with Crippen LogP contribution in [-0.2, 0) is 0 Å². The zero-order valence-corrected chi connectivity index (χ0v) is 20.8. The van der Waals surface area contributed by atoms with Crippen LogP contribution >= 0.6 is 0 Å². The standard InChI is InChI=1S/C26H56NO4/c1-2-3-4-5-6-7-8-9-10-11-12-13-14-15-16-17-20-27(21-18-23-28,22-19-24-29)25-26(30)31/h26,28-31H,2-25H2,1H3/q+1. The van der Waals surface area contributed by atoms with E-state index in [9.17, 15) is 20.4 Å². The third kappa shape index (κ3) is 20.2. The van der Waals surface area contributed by atoms with Gasteiger partial charge in [-0.1, -0.05) is 96.8 Å². The molecule has 0 aliphatic carbocycles. The Morgan fingerprint density at radius 1 is 0.484 bits per heavy atom. The van der Waals surface area contributed by atoms with Gasteiger partial charge >= 0.3 is 0 Å². The van der Waals surface area contributed by atoms with E-state index >= 15 is 0 Å². The monoisotopic (exact) mass is 446 g/mol. The second kappa shape index (κ2) is 23.0. The van der Waals surface area contributed by atoms with Crippen LogP contribution in [-0.4, -0.2) is 70.6 Å². The summed E-state index contributed by atoms with van der Waals surface area (Å²) in [5.74, 6) is 0. The van der Waals surface area contributed by atoms with Gasteiger partial charge in [0.15, 0.2) is 0 Å². The predicted octanol–water partition coefficient (Wildman–Crippen LogP) is 5.14. The van der Waals surface area contributed by atoms with E-state index in [1.54, 1.807) is 0 Å². The first-order chi connectivity index (χ1) is 15.1. The minimum Gasteiger partial charge on any atom is -0.396 e. The Bertz CT molecular complexity index is 344. The van der Waals surface area contributed by atoms with Gasteiger partial charge in [0.1, 0.15) is 6.54 Å². The SMILES string of the molecule is CCCCCCCCCCCCCCCCCC[N+](CCCO)(CCCO)CC(O)O. The molecule has 0 aliphatic heterocycles. The zero-order valence-electron chi connectivity index (χ0n) is 20.8. The summed E-state index contributed by atoms with van der Waals surface area (Å²) in [6.45, 7) is 5.20. The molecule has 0 unspecified atom stereocenters. The maximum absolute atomic E-state index is 9.54. The molecule has 0 aromatic rings. The van der Waals surface area contributed by atoms with Crippen LogP contribution in [0.15, 0.2) is 0 Å². The van der Waals surface area contributed by atoms with E-state index in [0.29, 0.717) is 23.9 Å². The molecule has 0 bridgehead atoms. The Balaban J connectivity index is 3.73. The lowest BCUT2D eigenvalue weighted by molar-refractivity contribution is -0.934. The molecule has 31 heavy (non-hydrogen) atoms. The molecule has 0 saturated heterocycles. The highest BCUT2D eigenvalue weighted by molar-refractivity contribution is 4.53. The fourth-order valence-corrected chi connectivity index (χ4v) is 4.76. The number of rotatable bonds is 25. The van der Waals surface area contributed by atoms with E-state index in [4.69, 9.17) is 0 Å². The fraction of sp³-hybridized carbons (Fsp3) is 1.00. The number of hydrogen-bond acceptors (Lipinski definition) is 4. The van der Waals surface area contributed by atoms with Crippen LogP contribution < -0.4 is 0 Å². The third-order valence-electron chi connectivity index (χ3n) is 6.62. The van der Waals surface area contributed by atoms with E-state index in [0.717, 1.165) is 26.1 Å². The highest BCUT2D eigenvalue weighted by Crippen LogP contribution is 2.17. The van der Waals surface area contributed by atoms with Gasteiger partial charge in [0.2, 0.25) is 6.29 Å². The topological polar surface area (TPSA) is 80.9 Å². The van der Waals surface area contributed by atoms with Gasteiger partial charge < -0.3 is 24.9 Å². The number of nitrogens with zero attached hydrogens (tertiary/aromatic N) is 1. The van der Waals surface area contributed by atoms with Crippen molar-refractivity contribution in [1.29, 1.82) is 0 Å². The second-order valence-corrected chi connectivity index (χ2v) is 9.63. The maximum Gasteiger partial charge on any atom is 0.202 e. The zero-order chi connectivity index (χ0) is 23.0. The Morgan fingerprint density at radius 3 is 1.13 bits per heavy atom. The van der Waals surface area contributed by atoms with Crippen LogP contribution in [0.2, 0.25) is 0 Å². The summed E-state index contributed by atoms with van der Waals surface area (Å²) >= 11 is 0. The summed E-state index contributed by atoms with van der Waals surface area (Å²) in [6.07, 6.45) is 21.5. The predicted molar refractivity (Wildman–Crippen MR) is 131 cm³/mol. The second-order valence-electron chi connectivity index (χ2n) is 9.63. The molecule has 0 spiro atoms. The third-order valence-corrected chi connectivity index (χ3v) is 6.62. The molecule has 5 heteroatoms. The van der Waals surface area contributed by atoms with Crippen LogP contribution in [0.1, 0.15) is 122 Å². The van der Waals surface area contributed by atoms with Gasteiger partial charge in [-0.3, -0.25) is 0 Å². The van der Waals surface area contributed by atoms with Gasteiger partial charge in [-0.2, -0.15) is 0 Å². The van der Waals surface area contributed by atoms with Crippen molar-refractivity contribution in [2.24, 2.45) is 0 Å². The summed E-state index contributed by atoms with van der Waals surface area (Å²) in [6, 6.07) is 0. The molecule has 0 rings (SSSR count). The summed E-state index contributed by atoms with van der Waals surface area (Å²) in [5, 5.41) is 37.5. The fourth-order valence-electron chi connectivity index (χ4n) is 4.76. The molecule has 188 valence electrons. The summed E-state index contributed by atoms with van der Waals surface area (Å²) in [7, 11) is 0. The average molecular weight is 447 g/mol. The quantitative estimate of drug-likeness (QED) is 0.0889. The van der Waals surface area contributed by atoms with Gasteiger partial charge in [-0.25, -0.2) is 0 Å². The summed E-state index contributed by atoms with van der Waals surface area (Å²) < 4.78 is 0.595. The first-order valence-corrected chi connectivity index (χ1v) is 13.5. The van der Waals surface area contributed by atoms with Crippen molar-refractivity contribution in [2.45, 2.75) is 129 Å². The molecule has 0 amide bonds. The van der Waals surface area contributed by atoms with E-state index < -0.39 is 6.29 Å². The number of aliphatic hydroxyl groups excluding tert-OH is 3. The van der Waals surface area contributed by atoms with E-state index in [1.165, 1.54) is 96.3 Å². The van der Waals surface area contributed by atoms with Crippen LogP contribution in [0, 0.1) is 0 Å². The van der Waals surface area contributed by atoms with Gasteiger partial charge in [-0.05, 0) is 12.8 Å². The van der Waals surface area contributed by atoms with Gasteiger partial charge in [0, 0.05) is 26.1 Å². The molecule has 4 N–H and O–H groups in total. The Labute approximate surface area is 193 Å². The molecular weight excluding hydrogens is 390 g/mol. The normalized spacial score (nSPS) is 12.2. The number of aliphatic hydroxyl groups is 4. The maximum atomic E-state index is 9.54. The minimum atomic E-state index is -1.33. The lowest BCUT2D eigenvalue weighted by Gasteiger charge is -2.39. The van der Waals surface area contributed by atoms with Crippen LogP contribution in [0.3, 0.4) is 0 Å². The molecule has 0 fully saturated rings. The first-order valence-electron chi connectivity index (χ1n) is 13.5. The van der Waals surface area contributed by atoms with Crippen LogP contribution in [0.5, 0.6) is 0 Å². The number of unbranched alkanes of at least 4 members (excludes halogenated alkanes) is 15. The van der Waals surface area contributed by atoms with Crippen molar-refractivity contribution >= 4 is 0 Å². The summed E-state index contributed by atoms with van der Waals surface area (Å²) in [4.78, 5) is 0. The molecule has 0 aromatic heterocycles. The van der Waals surface area contributed by atoms with E-state index in [-0.39, 0.29) is 13.2 Å². The molecular formula is C26H56NO4+. The van der Waals surface area contributed by atoms with Crippen molar-refractivity contribution in [1.82, 2.24) is 0 Å². The minimum absolute atomic E-state index is 0.125. The van der Waals surface area contributed by atoms with Crippen molar-refractivity contribution in [3.63, 3.8) is 0 Å². The molecule has 0 aliphatic rings. The number of quaternary nitrogens is 1. The van der Waals surface area contributed by atoms with E-state index in [2.05, 4.69) is 6.92 Å². The van der Waals surface area contributed by atoms with Gasteiger partial charge in [0.25, 0.3) is 0 Å². The van der Waals surface area contributed by atoms with Crippen molar-refractivity contribution in [3.8, 4) is 0 Å². The Kier molecular flexibility index (Phi) is 22.8. The molecule has 0 saturated carbocycles. The highest BCUT2D eigenvalue weighted by Gasteiger charge is 2.28. The van der Waals surface area contributed by atoms with Crippen molar-refractivity contribution in [2.75, 3.05) is 39.4 Å². The largest absolute Gasteiger partial charge is 0.396 e. The van der Waals surface area contributed by atoms with Gasteiger partial charge in [-0.15, -0.1) is 0 Å². The molecule has 0 radical (unpaired) electrons. The number of hydrogen-bond donors (Lipinski definition) is 4. The van der Waals surface area contributed by atoms with Crippen molar-refractivity contribution in [3.05, 3.63) is 0 Å². The average Bonchev–Trinajstić information content (AvgIpc) is 2.75. The first kappa shape index (κ1) is 30.8. The van der Waals surface area contributed by atoms with Crippen molar-refractivity contribution < 1.29 is 24.9 Å². The van der Waals surface area contributed by atoms with Gasteiger partial charge in [0.05, 0.1) is 19.6 Å². The molecule has 5 nitrogen and oxygen atoms in total. The lowest BCUT2D eigenvalue weighted by atomic mass is 10.0. The Hall–Kier alpha value is -0.200. The lowest BCUT2D eigenvalue weighted by Crippen LogP contribution is -2.54. The highest BCUT2D eigenvalue weighted by atomic mass is 16.5. The molecule has 0 heterocycles.